The lowest BCUT2D eigenvalue weighted by Crippen LogP contribution is -2.61. The lowest BCUT2D eigenvalue weighted by Gasteiger charge is -2.42. The predicted molar refractivity (Wildman–Crippen MR) is 289 cm³/mol. The lowest BCUT2D eigenvalue weighted by molar-refractivity contribution is -0.332. The number of aliphatic hydroxyl groups is 7. The van der Waals surface area contributed by atoms with Crippen molar-refractivity contribution in [3.63, 3.8) is 0 Å². The Labute approximate surface area is 448 Å². The molecule has 0 aliphatic carbocycles. The fraction of sp³-hybridized carbons (Fsp3) is 0.932. The summed E-state index contributed by atoms with van der Waals surface area (Å²) in [6.07, 6.45) is 32.3. The summed E-state index contributed by atoms with van der Waals surface area (Å²) >= 11 is 0. The average molecular weight is 1060 g/mol. The third-order valence-corrected chi connectivity index (χ3v) is 14.7. The van der Waals surface area contributed by atoms with Crippen LogP contribution < -0.4 is 0 Å². The van der Waals surface area contributed by atoms with E-state index in [1.54, 1.807) is 0 Å². The molecule has 2 aliphatic rings. The number of rotatable bonds is 49. The SMILES string of the molecule is CCCCCCCCCC/C=C\CCCCCCCCCCCC(=O)OC(COC(=O)CCCCCCCCCCCCCCCCCCC)COC1OC(COC2OC(CO)C(O)C(O)C2O)C(O)C(O)C1O. The van der Waals surface area contributed by atoms with E-state index in [1.807, 2.05) is 0 Å². The molecule has 7 N–H and O–H groups in total. The first kappa shape index (κ1) is 68.3. The Hall–Kier alpha value is -1.76. The number of allylic oxidation sites excluding steroid dienone is 2. The molecule has 11 unspecified atom stereocenters. The van der Waals surface area contributed by atoms with Gasteiger partial charge in [-0.05, 0) is 38.5 Å². The van der Waals surface area contributed by atoms with Gasteiger partial charge in [0, 0.05) is 12.8 Å². The lowest BCUT2D eigenvalue weighted by atomic mass is 9.98. The van der Waals surface area contributed by atoms with Crippen molar-refractivity contribution in [2.45, 2.75) is 325 Å². The van der Waals surface area contributed by atoms with Crippen LogP contribution in [0, 0.1) is 0 Å². The monoisotopic (exact) mass is 1060 g/mol. The third kappa shape index (κ3) is 32.9. The Kier molecular flexibility index (Phi) is 42.7. The fourth-order valence-electron chi connectivity index (χ4n) is 9.80. The van der Waals surface area contributed by atoms with E-state index >= 15 is 0 Å². The molecule has 0 aromatic rings. The van der Waals surface area contributed by atoms with Gasteiger partial charge in [-0.2, -0.15) is 0 Å². The van der Waals surface area contributed by atoms with Gasteiger partial charge in [0.1, 0.15) is 55.4 Å². The second-order valence-corrected chi connectivity index (χ2v) is 21.5. The minimum Gasteiger partial charge on any atom is -0.462 e. The van der Waals surface area contributed by atoms with Gasteiger partial charge in [0.15, 0.2) is 18.7 Å². The van der Waals surface area contributed by atoms with Gasteiger partial charge in [-0.15, -0.1) is 0 Å². The van der Waals surface area contributed by atoms with Crippen LogP contribution in [-0.2, 0) is 38.0 Å². The van der Waals surface area contributed by atoms with E-state index in [0.29, 0.717) is 12.8 Å². The maximum atomic E-state index is 13.1. The molecule has 436 valence electrons. The molecule has 0 amide bonds. The van der Waals surface area contributed by atoms with Gasteiger partial charge in [-0.3, -0.25) is 9.59 Å². The van der Waals surface area contributed by atoms with E-state index in [1.165, 1.54) is 180 Å². The summed E-state index contributed by atoms with van der Waals surface area (Å²) in [6, 6.07) is 0. The van der Waals surface area contributed by atoms with Crippen LogP contribution in [0.5, 0.6) is 0 Å². The number of hydrogen-bond donors (Lipinski definition) is 7. The maximum absolute atomic E-state index is 13.1. The largest absolute Gasteiger partial charge is 0.462 e. The van der Waals surface area contributed by atoms with Gasteiger partial charge in [0.2, 0.25) is 0 Å². The van der Waals surface area contributed by atoms with Crippen LogP contribution in [0.25, 0.3) is 0 Å². The standard InChI is InChI=1S/C59H110O15/c1-3-5-7-9-11-13-15-17-19-21-22-23-24-26-28-30-32-34-36-38-40-42-51(62)72-47(44-69-50(61)41-39-37-35-33-31-29-27-25-20-18-16-14-12-10-8-6-4-2)45-70-58-57(68)55(66)53(64)49(74-58)46-71-59-56(67)54(65)52(63)48(43-60)73-59/h21-22,47-49,52-60,63-68H,3-20,23-46H2,1-2H3/b22-21-. The Balaban J connectivity index is 1.73. The van der Waals surface area contributed by atoms with Crippen LogP contribution in [-0.4, -0.2) is 142 Å². The molecule has 0 saturated carbocycles. The normalized spacial score (nSPS) is 24.7. The van der Waals surface area contributed by atoms with Crippen molar-refractivity contribution in [2.75, 3.05) is 26.4 Å². The van der Waals surface area contributed by atoms with Gasteiger partial charge in [-0.1, -0.05) is 219 Å². The Bertz CT molecular complexity index is 1340. The maximum Gasteiger partial charge on any atom is 0.306 e. The second kappa shape index (κ2) is 46.2. The molecule has 0 spiro atoms. The summed E-state index contributed by atoms with van der Waals surface area (Å²) in [5.74, 6) is -0.910. The first-order valence-electron chi connectivity index (χ1n) is 30.3. The van der Waals surface area contributed by atoms with Crippen molar-refractivity contribution >= 4 is 11.9 Å². The molecule has 2 rings (SSSR count). The molecular weight excluding hydrogens is 949 g/mol. The number of carbonyl (C=O) groups excluding carboxylic acids is 2. The van der Waals surface area contributed by atoms with Crippen LogP contribution >= 0.6 is 0 Å². The van der Waals surface area contributed by atoms with Gasteiger partial charge in [0.25, 0.3) is 0 Å². The second-order valence-electron chi connectivity index (χ2n) is 21.5. The third-order valence-electron chi connectivity index (χ3n) is 14.7. The van der Waals surface area contributed by atoms with Crippen molar-refractivity contribution in [3.05, 3.63) is 12.2 Å². The smallest absolute Gasteiger partial charge is 0.306 e. The van der Waals surface area contributed by atoms with Crippen LogP contribution in [0.3, 0.4) is 0 Å². The average Bonchev–Trinajstić information content (AvgIpc) is 3.39. The number of ether oxygens (including phenoxy) is 6. The topological polar surface area (TPSA) is 231 Å². The molecule has 11 atom stereocenters. The first-order valence-corrected chi connectivity index (χ1v) is 30.3. The van der Waals surface area contributed by atoms with E-state index in [0.717, 1.165) is 38.5 Å². The Morgan fingerprint density at radius 1 is 0.419 bits per heavy atom. The van der Waals surface area contributed by atoms with E-state index in [-0.39, 0.29) is 26.1 Å². The van der Waals surface area contributed by atoms with Crippen molar-refractivity contribution < 1.29 is 73.8 Å². The molecule has 0 aromatic heterocycles. The molecular formula is C59H110O15. The van der Waals surface area contributed by atoms with E-state index in [4.69, 9.17) is 28.4 Å². The van der Waals surface area contributed by atoms with Crippen LogP contribution in [0.4, 0.5) is 0 Å². The minimum atomic E-state index is -1.76. The van der Waals surface area contributed by atoms with Gasteiger partial charge >= 0.3 is 11.9 Å². The minimum absolute atomic E-state index is 0.168. The predicted octanol–water partition coefficient (Wildman–Crippen LogP) is 10.5. The summed E-state index contributed by atoms with van der Waals surface area (Å²) in [5.41, 5.74) is 0. The molecule has 15 nitrogen and oxygen atoms in total. The summed E-state index contributed by atoms with van der Waals surface area (Å²) in [7, 11) is 0. The number of hydrogen-bond acceptors (Lipinski definition) is 15. The first-order chi connectivity index (χ1) is 36.0. The molecule has 2 aliphatic heterocycles. The van der Waals surface area contributed by atoms with Gasteiger partial charge < -0.3 is 64.2 Å². The zero-order valence-electron chi connectivity index (χ0n) is 46.6. The van der Waals surface area contributed by atoms with Crippen LogP contribution in [0.1, 0.15) is 258 Å². The Morgan fingerprint density at radius 3 is 1.19 bits per heavy atom. The van der Waals surface area contributed by atoms with Crippen molar-refractivity contribution in [3.8, 4) is 0 Å². The quantitative estimate of drug-likeness (QED) is 0.0171. The van der Waals surface area contributed by atoms with E-state index < -0.39 is 92.7 Å². The highest BCUT2D eigenvalue weighted by molar-refractivity contribution is 5.70. The fourth-order valence-corrected chi connectivity index (χ4v) is 9.80. The van der Waals surface area contributed by atoms with E-state index in [9.17, 15) is 45.3 Å². The molecule has 0 bridgehead atoms. The van der Waals surface area contributed by atoms with Gasteiger partial charge in [-0.25, -0.2) is 0 Å². The van der Waals surface area contributed by atoms with Gasteiger partial charge in [0.05, 0.1) is 19.8 Å². The van der Waals surface area contributed by atoms with E-state index in [2.05, 4.69) is 26.0 Å². The van der Waals surface area contributed by atoms with Crippen molar-refractivity contribution in [1.29, 1.82) is 0 Å². The number of aliphatic hydroxyl groups excluding tert-OH is 7. The molecule has 74 heavy (non-hydrogen) atoms. The molecule has 2 saturated heterocycles. The number of carbonyl (C=O) groups is 2. The zero-order chi connectivity index (χ0) is 53.9. The Morgan fingerprint density at radius 2 is 0.770 bits per heavy atom. The zero-order valence-corrected chi connectivity index (χ0v) is 46.6. The van der Waals surface area contributed by atoms with Crippen molar-refractivity contribution in [1.82, 2.24) is 0 Å². The van der Waals surface area contributed by atoms with Crippen LogP contribution in [0.15, 0.2) is 12.2 Å². The highest BCUT2D eigenvalue weighted by Crippen LogP contribution is 2.27. The molecule has 2 heterocycles. The number of esters is 2. The number of unbranched alkanes of at least 4 members (excludes halogenated alkanes) is 33. The highest BCUT2D eigenvalue weighted by atomic mass is 16.7. The molecule has 0 aromatic carbocycles. The molecule has 0 radical (unpaired) electrons. The summed E-state index contributed by atoms with van der Waals surface area (Å²) in [4.78, 5) is 25.9. The summed E-state index contributed by atoms with van der Waals surface area (Å²) < 4.78 is 33.7. The summed E-state index contributed by atoms with van der Waals surface area (Å²) in [5, 5.41) is 72.3. The summed E-state index contributed by atoms with van der Waals surface area (Å²) in [6.45, 7) is 2.65. The highest BCUT2D eigenvalue weighted by Gasteiger charge is 2.47. The van der Waals surface area contributed by atoms with Crippen LogP contribution in [0.2, 0.25) is 0 Å². The molecule has 2 fully saturated rings. The van der Waals surface area contributed by atoms with Crippen molar-refractivity contribution in [2.24, 2.45) is 0 Å². The molecule has 15 heteroatoms.